The van der Waals surface area contributed by atoms with Crippen molar-refractivity contribution in [1.29, 1.82) is 0 Å². The molecule has 20 heavy (non-hydrogen) atoms. The van der Waals surface area contributed by atoms with Crippen LogP contribution in [0.4, 0.5) is 0 Å². The van der Waals surface area contributed by atoms with Crippen LogP contribution in [0, 0.1) is 0 Å². The van der Waals surface area contributed by atoms with Crippen molar-refractivity contribution in [3.63, 3.8) is 0 Å². The van der Waals surface area contributed by atoms with Crippen molar-refractivity contribution in [1.82, 2.24) is 4.90 Å². The van der Waals surface area contributed by atoms with E-state index < -0.39 is 6.10 Å². The minimum absolute atomic E-state index is 0.0248. The van der Waals surface area contributed by atoms with Crippen molar-refractivity contribution in [2.45, 2.75) is 51.2 Å². The summed E-state index contributed by atoms with van der Waals surface area (Å²) in [7, 11) is 1.88. The Morgan fingerprint density at radius 1 is 1.30 bits per heavy atom. The number of ether oxygens (including phenoxy) is 1. The first kappa shape index (κ1) is 15.2. The van der Waals surface area contributed by atoms with E-state index in [1.807, 2.05) is 24.1 Å². The highest BCUT2D eigenvalue weighted by molar-refractivity contribution is 6.32. The largest absolute Gasteiger partial charge is 0.479 e. The van der Waals surface area contributed by atoms with Gasteiger partial charge in [0.1, 0.15) is 5.75 Å². The second-order valence-electron chi connectivity index (χ2n) is 5.43. The highest BCUT2D eigenvalue weighted by Gasteiger charge is 2.26. The van der Waals surface area contributed by atoms with E-state index in [-0.39, 0.29) is 5.91 Å². The maximum atomic E-state index is 12.4. The van der Waals surface area contributed by atoms with Crippen LogP contribution < -0.4 is 4.74 Å². The van der Waals surface area contributed by atoms with E-state index in [0.717, 1.165) is 12.8 Å². The predicted molar refractivity (Wildman–Crippen MR) is 81.2 cm³/mol. The summed E-state index contributed by atoms with van der Waals surface area (Å²) in [5.74, 6) is 0.587. The van der Waals surface area contributed by atoms with Crippen LogP contribution >= 0.6 is 11.6 Å². The van der Waals surface area contributed by atoms with Gasteiger partial charge in [0.15, 0.2) is 6.10 Å². The number of hydrogen-bond donors (Lipinski definition) is 0. The Balaban J connectivity index is 1.96. The van der Waals surface area contributed by atoms with E-state index in [9.17, 15) is 4.79 Å². The Kier molecular flexibility index (Phi) is 5.30. The molecule has 0 aliphatic heterocycles. The zero-order valence-electron chi connectivity index (χ0n) is 12.1. The molecule has 1 aliphatic carbocycles. The van der Waals surface area contributed by atoms with E-state index in [1.54, 1.807) is 19.1 Å². The van der Waals surface area contributed by atoms with Gasteiger partial charge in [0, 0.05) is 13.1 Å². The summed E-state index contributed by atoms with van der Waals surface area (Å²) in [6, 6.07) is 7.60. The second-order valence-corrected chi connectivity index (χ2v) is 5.84. The van der Waals surface area contributed by atoms with Crippen LogP contribution in [0.5, 0.6) is 5.75 Å². The number of carbonyl (C=O) groups excluding carboxylic acids is 1. The second kappa shape index (κ2) is 6.98. The molecule has 2 rings (SSSR count). The van der Waals surface area contributed by atoms with Crippen LogP contribution in [-0.2, 0) is 4.79 Å². The van der Waals surface area contributed by atoms with Gasteiger partial charge in [-0.15, -0.1) is 0 Å². The topological polar surface area (TPSA) is 29.5 Å². The van der Waals surface area contributed by atoms with Gasteiger partial charge >= 0.3 is 0 Å². The molecule has 1 amide bonds. The molecule has 1 aromatic rings. The van der Waals surface area contributed by atoms with Crippen molar-refractivity contribution >= 4 is 17.5 Å². The fourth-order valence-corrected chi connectivity index (χ4v) is 2.90. The molecule has 0 bridgehead atoms. The van der Waals surface area contributed by atoms with Crippen LogP contribution in [0.2, 0.25) is 5.02 Å². The van der Waals surface area contributed by atoms with E-state index in [1.165, 1.54) is 19.3 Å². The normalized spacial score (nSPS) is 17.6. The van der Waals surface area contributed by atoms with Crippen LogP contribution in [-0.4, -0.2) is 30.0 Å². The predicted octanol–water partition coefficient (Wildman–Crippen LogP) is 3.90. The molecule has 1 fully saturated rings. The number of hydrogen-bond acceptors (Lipinski definition) is 2. The van der Waals surface area contributed by atoms with Gasteiger partial charge in [-0.25, -0.2) is 0 Å². The number of nitrogens with zero attached hydrogens (tertiary/aromatic N) is 1. The Morgan fingerprint density at radius 2 is 1.95 bits per heavy atom. The molecular weight excluding hydrogens is 274 g/mol. The fraction of sp³-hybridized carbons (Fsp3) is 0.562. The van der Waals surface area contributed by atoms with Gasteiger partial charge in [0.2, 0.25) is 0 Å². The van der Waals surface area contributed by atoms with Gasteiger partial charge in [0.25, 0.3) is 5.91 Å². The molecule has 0 heterocycles. The lowest BCUT2D eigenvalue weighted by molar-refractivity contribution is -0.139. The highest BCUT2D eigenvalue weighted by Crippen LogP contribution is 2.26. The maximum absolute atomic E-state index is 12.4. The zero-order valence-corrected chi connectivity index (χ0v) is 12.9. The number of benzene rings is 1. The first-order valence-corrected chi connectivity index (χ1v) is 7.65. The summed E-state index contributed by atoms with van der Waals surface area (Å²) in [6.07, 6.45) is 5.39. The summed E-state index contributed by atoms with van der Waals surface area (Å²) >= 11 is 6.05. The SMILES string of the molecule is CC(Oc1ccccc1Cl)C(=O)N(C)C1CCCCC1. The van der Waals surface area contributed by atoms with E-state index in [4.69, 9.17) is 16.3 Å². The minimum atomic E-state index is -0.512. The quantitative estimate of drug-likeness (QED) is 0.843. The first-order chi connectivity index (χ1) is 9.59. The average Bonchev–Trinajstić information content (AvgIpc) is 2.49. The molecule has 0 saturated heterocycles. The maximum Gasteiger partial charge on any atom is 0.263 e. The minimum Gasteiger partial charge on any atom is -0.479 e. The van der Waals surface area contributed by atoms with Crippen LogP contribution in [0.1, 0.15) is 39.0 Å². The van der Waals surface area contributed by atoms with E-state index >= 15 is 0 Å². The summed E-state index contributed by atoms with van der Waals surface area (Å²) in [4.78, 5) is 14.3. The Bertz CT molecular complexity index is 458. The van der Waals surface area contributed by atoms with E-state index in [0.29, 0.717) is 16.8 Å². The van der Waals surface area contributed by atoms with Gasteiger partial charge in [0.05, 0.1) is 5.02 Å². The molecule has 1 saturated carbocycles. The molecule has 0 N–H and O–H groups in total. The lowest BCUT2D eigenvalue weighted by Crippen LogP contribution is -2.44. The molecule has 4 heteroatoms. The number of carbonyl (C=O) groups is 1. The van der Waals surface area contributed by atoms with Gasteiger partial charge in [-0.2, -0.15) is 0 Å². The Labute approximate surface area is 125 Å². The highest BCUT2D eigenvalue weighted by atomic mass is 35.5. The van der Waals surface area contributed by atoms with Gasteiger partial charge < -0.3 is 9.64 Å². The molecule has 1 atom stereocenters. The lowest BCUT2D eigenvalue weighted by atomic mass is 9.94. The van der Waals surface area contributed by atoms with Crippen molar-refractivity contribution < 1.29 is 9.53 Å². The molecule has 1 unspecified atom stereocenters. The molecule has 0 radical (unpaired) electrons. The third-order valence-corrected chi connectivity index (χ3v) is 4.27. The van der Waals surface area contributed by atoms with Gasteiger partial charge in [-0.3, -0.25) is 4.79 Å². The molecule has 0 spiro atoms. The number of amides is 1. The van der Waals surface area contributed by atoms with Crippen LogP contribution in [0.3, 0.4) is 0 Å². The molecule has 1 aromatic carbocycles. The number of halogens is 1. The monoisotopic (exact) mass is 295 g/mol. The third kappa shape index (κ3) is 3.66. The lowest BCUT2D eigenvalue weighted by Gasteiger charge is -2.33. The molecule has 1 aliphatic rings. The zero-order chi connectivity index (χ0) is 14.5. The van der Waals surface area contributed by atoms with Gasteiger partial charge in [-0.05, 0) is 31.9 Å². The summed E-state index contributed by atoms with van der Waals surface area (Å²) in [5.41, 5.74) is 0. The van der Waals surface area contributed by atoms with Gasteiger partial charge in [-0.1, -0.05) is 43.0 Å². The summed E-state index contributed by atoms with van der Waals surface area (Å²) in [5, 5.41) is 0.535. The van der Waals surface area contributed by atoms with Crippen molar-refractivity contribution in [3.05, 3.63) is 29.3 Å². The first-order valence-electron chi connectivity index (χ1n) is 7.27. The Morgan fingerprint density at radius 3 is 2.60 bits per heavy atom. The van der Waals surface area contributed by atoms with E-state index in [2.05, 4.69) is 0 Å². The summed E-state index contributed by atoms with van der Waals surface area (Å²) in [6.45, 7) is 1.78. The molecular formula is C16H22ClNO2. The summed E-state index contributed by atoms with van der Waals surface area (Å²) < 4.78 is 5.70. The van der Waals surface area contributed by atoms with Crippen molar-refractivity contribution in [3.8, 4) is 5.75 Å². The number of likely N-dealkylation sites (N-methyl/N-ethyl adjacent to an activating group) is 1. The molecule has 0 aromatic heterocycles. The average molecular weight is 296 g/mol. The molecule has 3 nitrogen and oxygen atoms in total. The van der Waals surface area contributed by atoms with Crippen molar-refractivity contribution in [2.24, 2.45) is 0 Å². The standard InChI is InChI=1S/C16H22ClNO2/c1-12(20-15-11-7-6-10-14(15)17)16(19)18(2)13-8-4-3-5-9-13/h6-7,10-13H,3-5,8-9H2,1-2H3. The number of para-hydroxylation sites is 1. The van der Waals surface area contributed by atoms with Crippen LogP contribution in [0.25, 0.3) is 0 Å². The molecule has 110 valence electrons. The number of rotatable bonds is 4. The van der Waals surface area contributed by atoms with Crippen molar-refractivity contribution in [2.75, 3.05) is 7.05 Å². The fourth-order valence-electron chi connectivity index (χ4n) is 2.72. The Hall–Kier alpha value is -1.22. The van der Waals surface area contributed by atoms with Crippen LogP contribution in [0.15, 0.2) is 24.3 Å². The smallest absolute Gasteiger partial charge is 0.263 e. The third-order valence-electron chi connectivity index (χ3n) is 3.96.